The summed E-state index contributed by atoms with van der Waals surface area (Å²) in [5.41, 5.74) is 0.705. The lowest BCUT2D eigenvalue weighted by molar-refractivity contribution is 0.0698. The highest BCUT2D eigenvalue weighted by Crippen LogP contribution is 2.21. The average molecular weight is 329 g/mol. The van der Waals surface area contributed by atoms with Gasteiger partial charge in [-0.3, -0.25) is 0 Å². The molecule has 0 atom stereocenters. The first-order valence-corrected chi connectivity index (χ1v) is 7.79. The molecule has 3 N–H and O–H groups in total. The van der Waals surface area contributed by atoms with Gasteiger partial charge in [-0.05, 0) is 46.1 Å². The predicted octanol–water partition coefficient (Wildman–Crippen LogP) is 2.59. The van der Waals surface area contributed by atoms with Crippen LogP contribution in [0.1, 0.15) is 22.6 Å². The van der Waals surface area contributed by atoms with Crippen LogP contribution in [-0.4, -0.2) is 53.1 Å². The van der Waals surface area contributed by atoms with Gasteiger partial charge in [-0.25, -0.2) is 14.8 Å². The van der Waals surface area contributed by atoms with E-state index in [1.807, 2.05) is 14.1 Å². The van der Waals surface area contributed by atoms with Gasteiger partial charge >= 0.3 is 5.97 Å². The van der Waals surface area contributed by atoms with Gasteiger partial charge < -0.3 is 20.6 Å². The van der Waals surface area contributed by atoms with Crippen molar-refractivity contribution in [3.63, 3.8) is 0 Å². The van der Waals surface area contributed by atoms with Gasteiger partial charge in [0.1, 0.15) is 17.5 Å². The summed E-state index contributed by atoms with van der Waals surface area (Å²) >= 11 is 0. The minimum atomic E-state index is -0.981. The molecule has 0 aliphatic rings. The number of nitrogens with one attached hydrogen (secondary N) is 2. The molecule has 1 heterocycles. The van der Waals surface area contributed by atoms with Crippen LogP contribution < -0.4 is 10.6 Å². The smallest absolute Gasteiger partial charge is 0.337 e. The zero-order valence-electron chi connectivity index (χ0n) is 14.2. The Balaban J connectivity index is 2.10. The minimum absolute atomic E-state index is 0.203. The molecule has 0 saturated heterocycles. The van der Waals surface area contributed by atoms with E-state index >= 15 is 0 Å². The van der Waals surface area contributed by atoms with E-state index in [4.69, 9.17) is 0 Å². The summed E-state index contributed by atoms with van der Waals surface area (Å²) in [7, 11) is 4.08. The summed E-state index contributed by atoms with van der Waals surface area (Å²) in [5.74, 6) is 0.914. The van der Waals surface area contributed by atoms with Crippen LogP contribution in [0.3, 0.4) is 0 Å². The van der Waals surface area contributed by atoms with Crippen LogP contribution in [0.2, 0.25) is 0 Å². The Morgan fingerprint density at radius 1 is 1.21 bits per heavy atom. The van der Waals surface area contributed by atoms with Crippen molar-refractivity contribution in [3.8, 4) is 0 Å². The van der Waals surface area contributed by atoms with Gasteiger partial charge in [0.2, 0.25) is 0 Å². The SMILES string of the molecule is Cc1nc(NCCCN(C)C)cc(Nc2ccccc2C(=O)O)n1. The lowest BCUT2D eigenvalue weighted by Crippen LogP contribution is -2.17. The van der Waals surface area contributed by atoms with Gasteiger partial charge in [0.25, 0.3) is 0 Å². The average Bonchev–Trinajstić information content (AvgIpc) is 2.51. The van der Waals surface area contributed by atoms with Crippen molar-refractivity contribution in [2.75, 3.05) is 37.8 Å². The fourth-order valence-electron chi connectivity index (χ4n) is 2.25. The van der Waals surface area contributed by atoms with Gasteiger partial charge in [0, 0.05) is 12.6 Å². The molecule has 2 aromatic rings. The molecule has 0 radical (unpaired) electrons. The number of carboxylic acid groups (broad SMARTS) is 1. The number of nitrogens with zero attached hydrogens (tertiary/aromatic N) is 3. The van der Waals surface area contributed by atoms with Crippen LogP contribution in [0.25, 0.3) is 0 Å². The molecule has 0 spiro atoms. The molecular formula is C17H23N5O2. The number of hydrogen-bond donors (Lipinski definition) is 3. The first kappa shape index (κ1) is 17.7. The summed E-state index contributed by atoms with van der Waals surface area (Å²) in [6.45, 7) is 3.60. The molecule has 2 rings (SSSR count). The minimum Gasteiger partial charge on any atom is -0.478 e. The molecule has 1 aromatic carbocycles. The summed E-state index contributed by atoms with van der Waals surface area (Å²) in [6, 6.07) is 8.52. The molecule has 7 nitrogen and oxygen atoms in total. The second-order valence-electron chi connectivity index (χ2n) is 5.74. The zero-order chi connectivity index (χ0) is 17.5. The Kier molecular flexibility index (Phi) is 6.08. The normalized spacial score (nSPS) is 10.7. The highest BCUT2D eigenvalue weighted by molar-refractivity contribution is 5.95. The van der Waals surface area contributed by atoms with Crippen molar-refractivity contribution in [2.24, 2.45) is 0 Å². The largest absolute Gasteiger partial charge is 0.478 e. The molecule has 1 aromatic heterocycles. The zero-order valence-corrected chi connectivity index (χ0v) is 14.2. The molecule has 0 aliphatic carbocycles. The highest BCUT2D eigenvalue weighted by atomic mass is 16.4. The molecule has 0 bridgehead atoms. The number of hydrogen-bond acceptors (Lipinski definition) is 6. The number of aromatic carboxylic acids is 1. The predicted molar refractivity (Wildman–Crippen MR) is 95.1 cm³/mol. The third kappa shape index (κ3) is 5.20. The van der Waals surface area contributed by atoms with Crippen molar-refractivity contribution in [2.45, 2.75) is 13.3 Å². The van der Waals surface area contributed by atoms with E-state index in [-0.39, 0.29) is 5.56 Å². The lowest BCUT2D eigenvalue weighted by atomic mass is 10.2. The van der Waals surface area contributed by atoms with Crippen LogP contribution in [0.15, 0.2) is 30.3 Å². The maximum atomic E-state index is 11.3. The Hall–Kier alpha value is -2.67. The summed E-state index contributed by atoms with van der Waals surface area (Å²) < 4.78 is 0. The number of carbonyl (C=O) groups is 1. The molecule has 7 heteroatoms. The molecular weight excluding hydrogens is 306 g/mol. The number of aromatic nitrogens is 2. The molecule has 24 heavy (non-hydrogen) atoms. The maximum Gasteiger partial charge on any atom is 0.337 e. The van der Waals surface area contributed by atoms with Crippen LogP contribution in [-0.2, 0) is 0 Å². The molecule has 128 valence electrons. The second kappa shape index (κ2) is 8.26. The van der Waals surface area contributed by atoms with Crippen molar-refractivity contribution in [3.05, 3.63) is 41.7 Å². The number of aryl methyl sites for hydroxylation is 1. The Morgan fingerprint density at radius 3 is 2.62 bits per heavy atom. The Labute approximate surface area is 141 Å². The number of benzene rings is 1. The topological polar surface area (TPSA) is 90.4 Å². The van der Waals surface area contributed by atoms with Gasteiger partial charge in [-0.2, -0.15) is 0 Å². The van der Waals surface area contributed by atoms with Crippen molar-refractivity contribution in [1.82, 2.24) is 14.9 Å². The van der Waals surface area contributed by atoms with Gasteiger partial charge in [-0.15, -0.1) is 0 Å². The molecule has 0 fully saturated rings. The molecule has 0 unspecified atom stereocenters. The quantitative estimate of drug-likeness (QED) is 0.641. The highest BCUT2D eigenvalue weighted by Gasteiger charge is 2.10. The standard InChI is InChI=1S/C17H23N5O2/c1-12-19-15(18-9-6-10-22(2)3)11-16(20-12)21-14-8-5-4-7-13(14)17(23)24/h4-5,7-8,11H,6,9-10H2,1-3H3,(H,23,24)(H2,18,19,20,21). The van der Waals surface area contributed by atoms with E-state index in [1.54, 1.807) is 37.3 Å². The van der Waals surface area contributed by atoms with E-state index in [0.29, 0.717) is 17.3 Å². The molecule has 0 aliphatic heterocycles. The summed E-state index contributed by atoms with van der Waals surface area (Å²) in [5, 5.41) is 15.6. The Bertz CT molecular complexity index is 703. The van der Waals surface area contributed by atoms with E-state index < -0.39 is 5.97 Å². The van der Waals surface area contributed by atoms with E-state index in [1.165, 1.54) is 0 Å². The van der Waals surface area contributed by atoms with Crippen LogP contribution in [0.5, 0.6) is 0 Å². The monoisotopic (exact) mass is 329 g/mol. The number of carboxylic acids is 1. The Morgan fingerprint density at radius 2 is 1.92 bits per heavy atom. The summed E-state index contributed by atoms with van der Waals surface area (Å²) in [6.07, 6.45) is 1.00. The van der Waals surface area contributed by atoms with Crippen LogP contribution >= 0.6 is 0 Å². The van der Waals surface area contributed by atoms with Crippen molar-refractivity contribution >= 4 is 23.3 Å². The van der Waals surface area contributed by atoms with E-state index in [2.05, 4.69) is 25.5 Å². The number of rotatable bonds is 8. The number of anilines is 3. The summed E-state index contributed by atoms with van der Waals surface area (Å²) in [4.78, 5) is 22.1. The fraction of sp³-hybridized carbons (Fsp3) is 0.353. The molecule has 0 amide bonds. The maximum absolute atomic E-state index is 11.3. The van der Waals surface area contributed by atoms with Crippen molar-refractivity contribution in [1.29, 1.82) is 0 Å². The van der Waals surface area contributed by atoms with Crippen LogP contribution in [0, 0.1) is 6.92 Å². The van der Waals surface area contributed by atoms with Crippen LogP contribution in [0.4, 0.5) is 17.3 Å². The molecule has 0 saturated carbocycles. The van der Waals surface area contributed by atoms with Gasteiger partial charge in [0.15, 0.2) is 0 Å². The van der Waals surface area contributed by atoms with Gasteiger partial charge in [-0.1, -0.05) is 12.1 Å². The first-order chi connectivity index (χ1) is 11.5. The van der Waals surface area contributed by atoms with Crippen molar-refractivity contribution < 1.29 is 9.90 Å². The first-order valence-electron chi connectivity index (χ1n) is 7.79. The number of para-hydroxylation sites is 1. The fourth-order valence-corrected chi connectivity index (χ4v) is 2.25. The second-order valence-corrected chi connectivity index (χ2v) is 5.74. The third-order valence-electron chi connectivity index (χ3n) is 3.35. The third-order valence-corrected chi connectivity index (χ3v) is 3.35. The van der Waals surface area contributed by atoms with E-state index in [0.717, 1.165) is 25.3 Å². The van der Waals surface area contributed by atoms with Gasteiger partial charge in [0.05, 0.1) is 11.3 Å². The lowest BCUT2D eigenvalue weighted by Gasteiger charge is -2.13. The van der Waals surface area contributed by atoms with E-state index in [9.17, 15) is 9.90 Å².